The van der Waals surface area contributed by atoms with E-state index in [1.807, 2.05) is 48.5 Å². The van der Waals surface area contributed by atoms with Gasteiger partial charge in [0.2, 0.25) is 11.1 Å². The van der Waals surface area contributed by atoms with E-state index in [1.54, 1.807) is 29.8 Å². The maximum Gasteiger partial charge on any atom is 0.338 e. The zero-order valence-corrected chi connectivity index (χ0v) is 22.2. The first-order valence-electron chi connectivity index (χ1n) is 11.8. The largest absolute Gasteiger partial charge is 0.489 e. The van der Waals surface area contributed by atoms with Gasteiger partial charge in [0, 0.05) is 22.0 Å². The third-order valence-corrected chi connectivity index (χ3v) is 7.33. The summed E-state index contributed by atoms with van der Waals surface area (Å²) in [6.07, 6.45) is 0. The van der Waals surface area contributed by atoms with Crippen molar-refractivity contribution in [2.45, 2.75) is 30.5 Å². The number of anilines is 1. The molecule has 3 aromatic carbocycles. The first kappa shape index (κ1) is 25.8. The number of ether oxygens (including phenoxy) is 2. The van der Waals surface area contributed by atoms with Gasteiger partial charge in [-0.1, -0.05) is 71.9 Å². The molecule has 0 amide bonds. The highest BCUT2D eigenvalue weighted by molar-refractivity contribution is 7.98. The Kier molecular flexibility index (Phi) is 7.67. The Labute approximate surface area is 228 Å². The summed E-state index contributed by atoms with van der Waals surface area (Å²) in [6, 6.07) is 20.9. The van der Waals surface area contributed by atoms with Crippen molar-refractivity contribution in [2.75, 3.05) is 12.4 Å². The van der Waals surface area contributed by atoms with Crippen LogP contribution in [0.5, 0.6) is 5.75 Å². The molecule has 0 bridgehead atoms. The number of rotatable bonds is 8. The van der Waals surface area contributed by atoms with E-state index in [1.165, 1.54) is 24.9 Å². The predicted octanol–water partition coefficient (Wildman–Crippen LogP) is 6.40. The van der Waals surface area contributed by atoms with Crippen molar-refractivity contribution in [3.05, 3.63) is 112 Å². The van der Waals surface area contributed by atoms with Gasteiger partial charge in [0.05, 0.1) is 12.7 Å². The summed E-state index contributed by atoms with van der Waals surface area (Å²) in [4.78, 5) is 17.5. The first-order valence-corrected chi connectivity index (χ1v) is 13.2. The summed E-state index contributed by atoms with van der Waals surface area (Å²) < 4.78 is 26.9. The Morgan fingerprint density at radius 3 is 2.63 bits per heavy atom. The molecule has 4 aromatic rings. The molecule has 10 heteroatoms. The average Bonchev–Trinajstić information content (AvgIpc) is 3.33. The Morgan fingerprint density at radius 2 is 1.87 bits per heavy atom. The number of hydrogen-bond acceptors (Lipinski definition) is 7. The summed E-state index contributed by atoms with van der Waals surface area (Å²) in [5.74, 6) is 0.683. The maximum absolute atomic E-state index is 14.1. The third kappa shape index (κ3) is 5.39. The zero-order valence-electron chi connectivity index (χ0n) is 20.7. The Bertz CT molecular complexity index is 1520. The Hall–Kier alpha value is -3.82. The van der Waals surface area contributed by atoms with Crippen LogP contribution in [0.4, 0.5) is 10.3 Å². The molecular formula is C28H24ClFN4O3S. The maximum atomic E-state index is 14.1. The first-order chi connectivity index (χ1) is 18.4. The van der Waals surface area contributed by atoms with Gasteiger partial charge in [-0.2, -0.15) is 4.98 Å². The molecule has 0 saturated heterocycles. The molecule has 0 saturated carbocycles. The summed E-state index contributed by atoms with van der Waals surface area (Å²) in [6.45, 7) is 2.08. The minimum Gasteiger partial charge on any atom is -0.489 e. The van der Waals surface area contributed by atoms with Gasteiger partial charge in [0.15, 0.2) is 0 Å². The molecule has 38 heavy (non-hydrogen) atoms. The Balaban J connectivity index is 1.46. The zero-order chi connectivity index (χ0) is 26.6. The highest BCUT2D eigenvalue weighted by Gasteiger charge is 2.35. The second-order valence-corrected chi connectivity index (χ2v) is 9.90. The van der Waals surface area contributed by atoms with Crippen LogP contribution in [0, 0.1) is 5.82 Å². The summed E-state index contributed by atoms with van der Waals surface area (Å²) in [5.41, 5.74) is 3.19. The predicted molar refractivity (Wildman–Crippen MR) is 145 cm³/mol. The fourth-order valence-electron chi connectivity index (χ4n) is 4.18. The van der Waals surface area contributed by atoms with E-state index in [0.717, 1.165) is 11.1 Å². The van der Waals surface area contributed by atoms with E-state index in [2.05, 4.69) is 15.4 Å². The van der Waals surface area contributed by atoms with Crippen molar-refractivity contribution in [3.63, 3.8) is 0 Å². The second-order valence-electron chi connectivity index (χ2n) is 8.55. The number of thioether (sulfide) groups is 1. The molecular weight excluding hydrogens is 527 g/mol. The number of allylic oxidation sites excluding steroid dienone is 1. The normalized spacial score (nSPS) is 14.6. The van der Waals surface area contributed by atoms with Crippen LogP contribution in [0.3, 0.4) is 0 Å². The SMILES string of the molecule is COC(=O)C1=C(C)Nc2nc(SCc3ccccc3F)nn2C1c1cccc(OCc2ccccc2Cl)c1. The molecule has 194 valence electrons. The van der Waals surface area contributed by atoms with E-state index in [4.69, 9.17) is 21.1 Å². The quantitative estimate of drug-likeness (QED) is 0.201. The number of halogens is 2. The number of esters is 1. The van der Waals surface area contributed by atoms with E-state index < -0.39 is 12.0 Å². The van der Waals surface area contributed by atoms with Gasteiger partial charge in [0.25, 0.3) is 0 Å². The molecule has 1 aliphatic rings. The van der Waals surface area contributed by atoms with Crippen LogP contribution in [0.2, 0.25) is 5.02 Å². The lowest BCUT2D eigenvalue weighted by molar-refractivity contribution is -0.136. The molecule has 5 rings (SSSR count). The van der Waals surface area contributed by atoms with E-state index >= 15 is 0 Å². The molecule has 2 heterocycles. The van der Waals surface area contributed by atoms with Crippen LogP contribution in [-0.4, -0.2) is 27.8 Å². The number of aromatic nitrogens is 3. The second kappa shape index (κ2) is 11.3. The van der Waals surface area contributed by atoms with Crippen LogP contribution in [0.25, 0.3) is 0 Å². The standard InChI is InChI=1S/C28H24ClFN4O3S/c1-17-24(26(35)36-2)25(18-10-7-11-21(14-18)37-15-19-8-3-5-12-22(19)29)34-27(31-17)32-28(33-34)38-16-20-9-4-6-13-23(20)30/h3-14,25H,15-16H2,1-2H3,(H,31,32,33). The lowest BCUT2D eigenvalue weighted by Crippen LogP contribution is -2.29. The monoisotopic (exact) mass is 550 g/mol. The van der Waals surface area contributed by atoms with Gasteiger partial charge in [-0.15, -0.1) is 5.10 Å². The molecule has 1 N–H and O–H groups in total. The van der Waals surface area contributed by atoms with E-state index in [0.29, 0.717) is 51.1 Å². The molecule has 0 fully saturated rings. The minimum absolute atomic E-state index is 0.279. The van der Waals surface area contributed by atoms with Gasteiger partial charge in [0.1, 0.15) is 24.2 Å². The molecule has 1 aliphatic heterocycles. The molecule has 1 unspecified atom stereocenters. The number of nitrogens with one attached hydrogen (secondary N) is 1. The number of hydrogen-bond donors (Lipinski definition) is 1. The minimum atomic E-state index is -0.613. The molecule has 0 aliphatic carbocycles. The highest BCUT2D eigenvalue weighted by atomic mass is 35.5. The van der Waals surface area contributed by atoms with Crippen molar-refractivity contribution in [2.24, 2.45) is 0 Å². The van der Waals surface area contributed by atoms with Crippen LogP contribution in [0.15, 0.2) is 89.2 Å². The van der Waals surface area contributed by atoms with Gasteiger partial charge in [-0.05, 0) is 42.3 Å². The number of methoxy groups -OCH3 is 1. The van der Waals surface area contributed by atoms with Crippen molar-refractivity contribution in [1.29, 1.82) is 0 Å². The fourth-order valence-corrected chi connectivity index (χ4v) is 5.19. The number of carbonyl (C=O) groups excluding carboxylic acids is 1. The van der Waals surface area contributed by atoms with Crippen molar-refractivity contribution in [1.82, 2.24) is 14.8 Å². The van der Waals surface area contributed by atoms with Gasteiger partial charge in [-0.3, -0.25) is 0 Å². The van der Waals surface area contributed by atoms with Crippen molar-refractivity contribution in [3.8, 4) is 5.75 Å². The van der Waals surface area contributed by atoms with Crippen LogP contribution in [0.1, 0.15) is 29.7 Å². The number of nitrogens with zero attached hydrogens (tertiary/aromatic N) is 3. The van der Waals surface area contributed by atoms with Gasteiger partial charge < -0.3 is 14.8 Å². The van der Waals surface area contributed by atoms with E-state index in [9.17, 15) is 9.18 Å². The molecule has 0 radical (unpaired) electrons. The average molecular weight is 551 g/mol. The Morgan fingerprint density at radius 1 is 1.11 bits per heavy atom. The van der Waals surface area contributed by atoms with Gasteiger partial charge >= 0.3 is 5.97 Å². The topological polar surface area (TPSA) is 78.3 Å². The summed E-state index contributed by atoms with van der Waals surface area (Å²) in [5, 5.41) is 8.91. The smallest absolute Gasteiger partial charge is 0.338 e. The molecule has 7 nitrogen and oxygen atoms in total. The van der Waals surface area contributed by atoms with Crippen LogP contribution < -0.4 is 10.1 Å². The lowest BCUT2D eigenvalue weighted by Gasteiger charge is -2.28. The molecule has 1 atom stereocenters. The van der Waals surface area contributed by atoms with Crippen molar-refractivity contribution >= 4 is 35.3 Å². The number of fused-ring (bicyclic) bond motifs is 1. The summed E-state index contributed by atoms with van der Waals surface area (Å²) >= 11 is 7.59. The van der Waals surface area contributed by atoms with E-state index in [-0.39, 0.29) is 5.82 Å². The van der Waals surface area contributed by atoms with Crippen LogP contribution >= 0.6 is 23.4 Å². The van der Waals surface area contributed by atoms with Crippen molar-refractivity contribution < 1.29 is 18.7 Å². The summed E-state index contributed by atoms with van der Waals surface area (Å²) in [7, 11) is 1.34. The number of benzene rings is 3. The fraction of sp³-hybridized carbons (Fsp3) is 0.179. The molecule has 1 aromatic heterocycles. The highest BCUT2D eigenvalue weighted by Crippen LogP contribution is 2.38. The number of carbonyl (C=O) groups is 1. The lowest BCUT2D eigenvalue weighted by atomic mass is 9.95. The molecule has 0 spiro atoms. The van der Waals surface area contributed by atoms with Gasteiger partial charge in [-0.25, -0.2) is 13.9 Å². The van der Waals surface area contributed by atoms with Crippen LogP contribution in [-0.2, 0) is 21.9 Å². The third-order valence-electron chi connectivity index (χ3n) is 6.08.